The third-order valence-electron chi connectivity index (χ3n) is 8.25. The fourth-order valence-electron chi connectivity index (χ4n) is 5.86. The van der Waals surface area contributed by atoms with E-state index in [-0.39, 0.29) is 25.4 Å². The zero-order chi connectivity index (χ0) is 32.8. The molecule has 1 aromatic heterocycles. The number of methoxy groups -OCH3 is 1. The van der Waals surface area contributed by atoms with Crippen LogP contribution in [-0.2, 0) is 27.2 Å². The minimum atomic E-state index is -1.17. The summed E-state index contributed by atoms with van der Waals surface area (Å²) in [6.45, 7) is 5.72. The Morgan fingerprint density at radius 1 is 0.978 bits per heavy atom. The Kier molecular flexibility index (Phi) is 14.6. The second-order valence-electron chi connectivity index (χ2n) is 12.4. The lowest BCUT2D eigenvalue weighted by atomic mass is 9.82. The quantitative estimate of drug-likeness (QED) is 0.155. The van der Waals surface area contributed by atoms with Crippen molar-refractivity contribution in [2.24, 2.45) is 11.8 Å². The number of aromatic amines is 1. The second kappa shape index (κ2) is 18.4. The van der Waals surface area contributed by atoms with E-state index in [0.717, 1.165) is 31.2 Å². The number of H-pyrrole nitrogens is 1. The molecule has 5 atom stereocenters. The first-order valence-corrected chi connectivity index (χ1v) is 16.1. The summed E-state index contributed by atoms with van der Waals surface area (Å²) < 4.78 is 10.3. The van der Waals surface area contributed by atoms with Gasteiger partial charge in [0.25, 0.3) is 0 Å². The van der Waals surface area contributed by atoms with E-state index in [2.05, 4.69) is 25.9 Å². The summed E-state index contributed by atoms with van der Waals surface area (Å²) in [5.74, 6) is 0.0328. The molecule has 6 N–H and O–H groups in total. The summed E-state index contributed by atoms with van der Waals surface area (Å²) in [4.78, 5) is 47.0. The largest absolute Gasteiger partial charge is 0.497 e. The maximum Gasteiger partial charge on any atom is 0.407 e. The average Bonchev–Trinajstić information content (AvgIpc) is 3.53. The molecule has 0 saturated heterocycles. The number of nitrogens with one attached hydrogen (secondary N) is 4. The number of hydrogen-bond acceptors (Lipinski definition) is 8. The van der Waals surface area contributed by atoms with E-state index in [0.29, 0.717) is 30.2 Å². The topological polar surface area (TPSA) is 175 Å². The zero-order valence-electron chi connectivity index (χ0n) is 27.0. The summed E-state index contributed by atoms with van der Waals surface area (Å²) in [7, 11) is 1.56. The molecule has 3 amide bonds. The van der Waals surface area contributed by atoms with E-state index in [4.69, 9.17) is 9.47 Å². The number of carbonyl (C=O) groups excluding carboxylic acids is 3. The first-order chi connectivity index (χ1) is 21.6. The van der Waals surface area contributed by atoms with Crippen LogP contribution in [0.1, 0.15) is 77.0 Å². The number of rotatable bonds is 17. The maximum atomic E-state index is 13.9. The molecule has 0 spiro atoms. The highest BCUT2D eigenvalue weighted by Gasteiger charge is 2.34. The Morgan fingerprint density at radius 2 is 1.64 bits per heavy atom. The molecule has 2 aromatic rings. The van der Waals surface area contributed by atoms with Gasteiger partial charge in [0.05, 0.1) is 32.2 Å². The first-order valence-electron chi connectivity index (χ1n) is 16.1. The monoisotopic (exact) mass is 629 g/mol. The lowest BCUT2D eigenvalue weighted by molar-refractivity contribution is -0.131. The Balaban J connectivity index is 1.83. The SMILES string of the molecule is CCOC(=O)N[C@@H](Cc1ccc(OC)cc1)C(=O)N[C@@H](Cc1cnc[nH]1)C(=O)N[C@@H](CC1CCCCC1)[C@@H](O)[C@@H](O)CC(C)C. The van der Waals surface area contributed by atoms with Crippen LogP contribution in [0.5, 0.6) is 5.75 Å². The molecule has 1 heterocycles. The number of carbonyl (C=O) groups is 3. The minimum Gasteiger partial charge on any atom is -0.497 e. The van der Waals surface area contributed by atoms with E-state index < -0.39 is 48.2 Å². The van der Waals surface area contributed by atoms with E-state index >= 15 is 0 Å². The highest BCUT2D eigenvalue weighted by atomic mass is 16.5. The number of aromatic nitrogens is 2. The number of hydrogen-bond donors (Lipinski definition) is 6. The molecule has 3 rings (SSSR count). The smallest absolute Gasteiger partial charge is 0.407 e. The van der Waals surface area contributed by atoms with Crippen LogP contribution >= 0.6 is 0 Å². The molecule has 0 bridgehead atoms. The van der Waals surface area contributed by atoms with Crippen molar-refractivity contribution >= 4 is 17.9 Å². The lowest BCUT2D eigenvalue weighted by Crippen LogP contribution is -2.58. The predicted molar refractivity (Wildman–Crippen MR) is 169 cm³/mol. The highest BCUT2D eigenvalue weighted by Crippen LogP contribution is 2.29. The third-order valence-corrected chi connectivity index (χ3v) is 8.25. The Labute approximate surface area is 266 Å². The summed E-state index contributed by atoms with van der Waals surface area (Å²) in [5.41, 5.74) is 1.38. The van der Waals surface area contributed by atoms with Gasteiger partial charge in [-0.3, -0.25) is 9.59 Å². The molecule has 1 saturated carbocycles. The number of imidazole rings is 1. The summed E-state index contributed by atoms with van der Waals surface area (Å²) in [5, 5.41) is 30.5. The van der Waals surface area contributed by atoms with Crippen molar-refractivity contribution in [1.82, 2.24) is 25.9 Å². The molecule has 0 aliphatic heterocycles. The van der Waals surface area contributed by atoms with Crippen molar-refractivity contribution in [3.05, 3.63) is 48.0 Å². The van der Waals surface area contributed by atoms with Crippen LogP contribution in [0, 0.1) is 11.8 Å². The number of aliphatic hydroxyl groups excluding tert-OH is 2. The summed E-state index contributed by atoms with van der Waals surface area (Å²) >= 11 is 0. The van der Waals surface area contributed by atoms with Crippen molar-refractivity contribution in [2.75, 3.05) is 13.7 Å². The van der Waals surface area contributed by atoms with Gasteiger partial charge in [-0.1, -0.05) is 58.1 Å². The van der Waals surface area contributed by atoms with Crippen molar-refractivity contribution in [3.8, 4) is 5.75 Å². The van der Waals surface area contributed by atoms with Crippen LogP contribution in [0.4, 0.5) is 4.79 Å². The number of nitrogens with zero attached hydrogens (tertiary/aromatic N) is 1. The van der Waals surface area contributed by atoms with E-state index in [1.54, 1.807) is 44.5 Å². The lowest BCUT2D eigenvalue weighted by Gasteiger charge is -2.34. The van der Waals surface area contributed by atoms with Gasteiger partial charge in [0.1, 0.15) is 23.9 Å². The molecule has 45 heavy (non-hydrogen) atoms. The third kappa shape index (κ3) is 12.0. The van der Waals surface area contributed by atoms with Crippen LogP contribution in [0.25, 0.3) is 0 Å². The molecule has 1 fully saturated rings. The Bertz CT molecular complexity index is 1170. The summed E-state index contributed by atoms with van der Waals surface area (Å²) in [6.07, 6.45) is 6.61. The van der Waals surface area contributed by atoms with Crippen LogP contribution in [-0.4, -0.2) is 82.1 Å². The summed E-state index contributed by atoms with van der Waals surface area (Å²) in [6, 6.07) is 4.28. The molecule has 250 valence electrons. The van der Waals surface area contributed by atoms with Crippen molar-refractivity contribution in [2.45, 2.75) is 109 Å². The van der Waals surface area contributed by atoms with Gasteiger partial charge in [0.2, 0.25) is 11.8 Å². The van der Waals surface area contributed by atoms with E-state index in [1.165, 1.54) is 12.7 Å². The molecule has 0 unspecified atom stereocenters. The van der Waals surface area contributed by atoms with Gasteiger partial charge < -0.3 is 40.6 Å². The van der Waals surface area contributed by atoms with Crippen LogP contribution < -0.4 is 20.7 Å². The molecule has 0 radical (unpaired) electrons. The van der Waals surface area contributed by atoms with Gasteiger partial charge in [0, 0.05) is 24.7 Å². The number of amides is 3. The fraction of sp³-hybridized carbons (Fsp3) is 0.636. The molecular formula is C33H51N5O7. The maximum absolute atomic E-state index is 13.9. The normalized spacial score (nSPS) is 17.0. The molecule has 12 nitrogen and oxygen atoms in total. The van der Waals surface area contributed by atoms with Gasteiger partial charge in [-0.25, -0.2) is 9.78 Å². The van der Waals surface area contributed by atoms with Crippen molar-refractivity contribution in [1.29, 1.82) is 0 Å². The average molecular weight is 630 g/mol. The second-order valence-corrected chi connectivity index (χ2v) is 12.4. The van der Waals surface area contributed by atoms with Gasteiger partial charge in [-0.05, 0) is 49.3 Å². The number of benzene rings is 1. The minimum absolute atomic E-state index is 0.0903. The Morgan fingerprint density at radius 3 is 2.24 bits per heavy atom. The zero-order valence-corrected chi connectivity index (χ0v) is 27.0. The van der Waals surface area contributed by atoms with Crippen LogP contribution in [0.15, 0.2) is 36.8 Å². The standard InChI is InChI=1S/C33H51N5O7/c1-5-45-33(43)38-27(17-23-11-13-25(44-4)14-12-23)31(41)37-28(18-24-19-34-20-35-24)32(42)36-26(16-22-9-7-6-8-10-22)30(40)29(39)15-21(2)3/h11-14,19-22,26-30,39-40H,5-10,15-18H2,1-4H3,(H,34,35)(H,36,42)(H,37,41)(H,38,43)/t26-,27-,28-,29-,30+/m0/s1. The van der Waals surface area contributed by atoms with Crippen molar-refractivity contribution in [3.63, 3.8) is 0 Å². The first kappa shape index (κ1) is 35.8. The molecule has 1 aliphatic carbocycles. The highest BCUT2D eigenvalue weighted by molar-refractivity contribution is 5.91. The van der Waals surface area contributed by atoms with Gasteiger partial charge in [-0.15, -0.1) is 0 Å². The number of ether oxygens (including phenoxy) is 2. The van der Waals surface area contributed by atoms with Gasteiger partial charge >= 0.3 is 6.09 Å². The number of alkyl carbamates (subject to hydrolysis) is 1. The van der Waals surface area contributed by atoms with Gasteiger partial charge in [0.15, 0.2) is 0 Å². The van der Waals surface area contributed by atoms with Crippen LogP contribution in [0.2, 0.25) is 0 Å². The predicted octanol–water partition coefficient (Wildman–Crippen LogP) is 3.03. The molecular weight excluding hydrogens is 578 g/mol. The molecule has 12 heteroatoms. The van der Waals surface area contributed by atoms with Crippen molar-refractivity contribution < 1.29 is 34.1 Å². The number of aliphatic hydroxyl groups is 2. The van der Waals surface area contributed by atoms with Gasteiger partial charge in [-0.2, -0.15) is 0 Å². The fourth-order valence-corrected chi connectivity index (χ4v) is 5.86. The van der Waals surface area contributed by atoms with E-state index in [1.807, 2.05) is 13.8 Å². The van der Waals surface area contributed by atoms with E-state index in [9.17, 15) is 24.6 Å². The Hall–Kier alpha value is -3.64. The molecule has 1 aromatic carbocycles. The molecule has 1 aliphatic rings. The van der Waals surface area contributed by atoms with Crippen LogP contribution in [0.3, 0.4) is 0 Å².